The summed E-state index contributed by atoms with van der Waals surface area (Å²) < 4.78 is 5.15. The number of aliphatic hydroxyl groups is 4. The van der Waals surface area contributed by atoms with Gasteiger partial charge in [0, 0.05) is 23.5 Å². The molecular weight excluding hydrogens is 372 g/mol. The Kier molecular flexibility index (Phi) is 4.49. The smallest absolute Gasteiger partial charge is 0.331 e. The van der Waals surface area contributed by atoms with Crippen LogP contribution in [0.2, 0.25) is 0 Å². The highest BCUT2D eigenvalue weighted by Gasteiger charge is 2.70. The van der Waals surface area contributed by atoms with Crippen LogP contribution in [0.1, 0.15) is 58.3 Å². The fourth-order valence-corrected chi connectivity index (χ4v) is 8.57. The van der Waals surface area contributed by atoms with Crippen LogP contribution >= 0.6 is 0 Å². The Morgan fingerprint density at radius 2 is 1.97 bits per heavy atom. The maximum atomic E-state index is 12.1. The fraction of sp³-hybridized carbons (Fsp3) is 0.870. The Morgan fingerprint density at radius 3 is 2.66 bits per heavy atom. The van der Waals surface area contributed by atoms with Gasteiger partial charge in [-0.25, -0.2) is 4.79 Å². The molecular formula is C23H34O6. The summed E-state index contributed by atoms with van der Waals surface area (Å²) in [6.07, 6.45) is 6.29. The lowest BCUT2D eigenvalue weighted by atomic mass is 9.42. The summed E-state index contributed by atoms with van der Waals surface area (Å²) in [5.41, 5.74) is -0.893. The molecule has 0 aromatic heterocycles. The van der Waals surface area contributed by atoms with Crippen LogP contribution < -0.4 is 0 Å². The second-order valence-electron chi connectivity index (χ2n) is 10.8. The van der Waals surface area contributed by atoms with Gasteiger partial charge in [0.1, 0.15) is 6.61 Å². The normalized spacial score (nSPS) is 54.2. The van der Waals surface area contributed by atoms with Gasteiger partial charge in [-0.05, 0) is 80.6 Å². The third-order valence-corrected chi connectivity index (χ3v) is 9.90. The molecule has 0 spiro atoms. The van der Waals surface area contributed by atoms with Crippen molar-refractivity contribution in [3.63, 3.8) is 0 Å². The molecule has 0 saturated heterocycles. The van der Waals surface area contributed by atoms with Gasteiger partial charge in [-0.2, -0.15) is 0 Å². The molecule has 9 atom stereocenters. The van der Waals surface area contributed by atoms with E-state index >= 15 is 0 Å². The van der Waals surface area contributed by atoms with E-state index in [2.05, 4.69) is 6.92 Å². The molecule has 4 fully saturated rings. The quantitative estimate of drug-likeness (QED) is 0.519. The molecule has 1 heterocycles. The number of fused-ring (bicyclic) bond motifs is 5. The molecule has 29 heavy (non-hydrogen) atoms. The zero-order valence-electron chi connectivity index (χ0n) is 17.2. The van der Waals surface area contributed by atoms with Crippen molar-refractivity contribution in [1.82, 2.24) is 0 Å². The Labute approximate surface area is 172 Å². The van der Waals surface area contributed by atoms with Crippen molar-refractivity contribution in [1.29, 1.82) is 0 Å². The first kappa shape index (κ1) is 20.0. The summed E-state index contributed by atoms with van der Waals surface area (Å²) in [5.74, 6) is -0.301. The summed E-state index contributed by atoms with van der Waals surface area (Å²) in [4.78, 5) is 11.7. The van der Waals surface area contributed by atoms with E-state index < -0.39 is 22.5 Å². The van der Waals surface area contributed by atoms with Crippen LogP contribution in [0.25, 0.3) is 0 Å². The second-order valence-corrected chi connectivity index (χ2v) is 10.8. The van der Waals surface area contributed by atoms with Crippen molar-refractivity contribution < 1.29 is 30.0 Å². The predicted molar refractivity (Wildman–Crippen MR) is 105 cm³/mol. The maximum absolute atomic E-state index is 12.1. The molecule has 0 bridgehead atoms. The first-order valence-electron chi connectivity index (χ1n) is 11.3. The van der Waals surface area contributed by atoms with Crippen LogP contribution in [-0.2, 0) is 9.53 Å². The zero-order valence-corrected chi connectivity index (χ0v) is 17.2. The van der Waals surface area contributed by atoms with E-state index in [0.29, 0.717) is 38.7 Å². The summed E-state index contributed by atoms with van der Waals surface area (Å²) in [6, 6.07) is 0. The Balaban J connectivity index is 1.53. The van der Waals surface area contributed by atoms with Crippen LogP contribution in [-0.4, -0.2) is 57.4 Å². The predicted octanol–water partition coefficient (Wildman–Crippen LogP) is 1.55. The molecule has 6 nitrogen and oxygen atoms in total. The molecule has 4 aliphatic carbocycles. The molecule has 0 unspecified atom stereocenters. The van der Waals surface area contributed by atoms with Crippen molar-refractivity contribution in [3.8, 4) is 0 Å². The van der Waals surface area contributed by atoms with E-state index in [-0.39, 0.29) is 42.4 Å². The van der Waals surface area contributed by atoms with Crippen molar-refractivity contribution in [3.05, 3.63) is 11.6 Å². The van der Waals surface area contributed by atoms with Crippen LogP contribution in [0.4, 0.5) is 0 Å². The van der Waals surface area contributed by atoms with Crippen molar-refractivity contribution >= 4 is 5.97 Å². The Bertz CT molecular complexity index is 735. The number of cyclic esters (lactones) is 1. The number of hydrogen-bond donors (Lipinski definition) is 4. The molecule has 5 rings (SSSR count). The van der Waals surface area contributed by atoms with Gasteiger partial charge < -0.3 is 25.2 Å². The lowest BCUT2D eigenvalue weighted by molar-refractivity contribution is -0.252. The van der Waals surface area contributed by atoms with E-state index in [1.807, 2.05) is 0 Å². The molecule has 0 radical (unpaired) electrons. The average Bonchev–Trinajstić information content (AvgIpc) is 3.22. The minimum atomic E-state index is -0.919. The lowest BCUT2D eigenvalue weighted by Gasteiger charge is -2.65. The summed E-state index contributed by atoms with van der Waals surface area (Å²) in [5, 5.41) is 44.3. The number of carbonyl (C=O) groups is 1. The van der Waals surface area contributed by atoms with Crippen LogP contribution in [0, 0.1) is 34.5 Å². The molecule has 4 N–H and O–H groups in total. The lowest BCUT2D eigenvalue weighted by Crippen LogP contribution is -2.67. The van der Waals surface area contributed by atoms with Crippen molar-refractivity contribution in [2.75, 3.05) is 13.2 Å². The highest BCUT2D eigenvalue weighted by atomic mass is 16.5. The van der Waals surface area contributed by atoms with Gasteiger partial charge in [-0.15, -0.1) is 0 Å². The number of ether oxygens (including phenoxy) is 1. The van der Waals surface area contributed by atoms with Crippen LogP contribution in [0.15, 0.2) is 11.6 Å². The molecule has 0 amide bonds. The van der Waals surface area contributed by atoms with Gasteiger partial charge in [0.15, 0.2) is 0 Å². The fourth-order valence-electron chi connectivity index (χ4n) is 8.57. The molecule has 6 heteroatoms. The number of carbonyl (C=O) groups excluding carboxylic acids is 1. The van der Waals surface area contributed by atoms with Gasteiger partial charge in [0.05, 0.1) is 17.8 Å². The van der Waals surface area contributed by atoms with Crippen molar-refractivity contribution in [2.24, 2.45) is 34.5 Å². The first-order chi connectivity index (χ1) is 13.7. The topological polar surface area (TPSA) is 107 Å². The molecule has 0 aromatic carbocycles. The summed E-state index contributed by atoms with van der Waals surface area (Å²) in [6.45, 7) is 2.38. The van der Waals surface area contributed by atoms with Gasteiger partial charge >= 0.3 is 5.97 Å². The van der Waals surface area contributed by atoms with Gasteiger partial charge in [0.25, 0.3) is 0 Å². The van der Waals surface area contributed by atoms with Gasteiger partial charge in [0.2, 0.25) is 0 Å². The standard InChI is InChI=1S/C23H34O6/c1-21-10-18(26)20-17(3-2-14-9-15(25)4-6-22(14,20)12-24)23(21,28)7-5-16(21)13-8-19(27)29-11-13/h8,14-18,20,24-26,28H,2-7,9-12H2,1H3/t14-,15+,16+,17-,18-,20-,21-,22-,23+/m1/s1. The summed E-state index contributed by atoms with van der Waals surface area (Å²) in [7, 11) is 0. The van der Waals surface area contributed by atoms with Gasteiger partial charge in [-0.1, -0.05) is 6.92 Å². The number of aliphatic hydroxyl groups excluding tert-OH is 3. The van der Waals surface area contributed by atoms with E-state index in [1.165, 1.54) is 0 Å². The Hall–Kier alpha value is -0.950. The van der Waals surface area contributed by atoms with Crippen LogP contribution in [0.5, 0.6) is 0 Å². The molecule has 5 aliphatic rings. The number of hydrogen-bond acceptors (Lipinski definition) is 6. The monoisotopic (exact) mass is 406 g/mol. The molecule has 0 aromatic rings. The van der Waals surface area contributed by atoms with Crippen LogP contribution in [0.3, 0.4) is 0 Å². The number of rotatable bonds is 2. The van der Waals surface area contributed by atoms with E-state index in [4.69, 9.17) is 4.74 Å². The minimum Gasteiger partial charge on any atom is -0.458 e. The van der Waals surface area contributed by atoms with E-state index in [9.17, 15) is 25.2 Å². The van der Waals surface area contributed by atoms with E-state index in [0.717, 1.165) is 24.8 Å². The highest BCUT2D eigenvalue weighted by Crippen LogP contribution is 2.69. The number of esters is 1. The highest BCUT2D eigenvalue weighted by molar-refractivity contribution is 5.85. The summed E-state index contributed by atoms with van der Waals surface area (Å²) >= 11 is 0. The third-order valence-electron chi connectivity index (χ3n) is 9.90. The maximum Gasteiger partial charge on any atom is 0.331 e. The molecule has 162 valence electrons. The minimum absolute atomic E-state index is 0.00628. The zero-order chi connectivity index (χ0) is 20.6. The molecule has 1 aliphatic heterocycles. The van der Waals surface area contributed by atoms with Crippen molar-refractivity contribution in [2.45, 2.75) is 76.1 Å². The Morgan fingerprint density at radius 1 is 1.17 bits per heavy atom. The first-order valence-corrected chi connectivity index (χ1v) is 11.3. The molecule has 4 saturated carbocycles. The SMILES string of the molecule is C[C@]12C[C@@H](O)[C@H]3[C@@H](CC[C@@H]4C[C@@H](O)CC[C@@]43CO)[C@@]1(O)CC[C@H]2C1=CC(=O)OC1. The van der Waals surface area contributed by atoms with E-state index in [1.54, 1.807) is 6.08 Å². The van der Waals surface area contributed by atoms with Gasteiger partial charge in [-0.3, -0.25) is 0 Å². The average molecular weight is 407 g/mol. The largest absolute Gasteiger partial charge is 0.458 e. The third kappa shape index (κ3) is 2.52. The second kappa shape index (κ2) is 6.52.